The van der Waals surface area contributed by atoms with Crippen molar-refractivity contribution in [2.75, 3.05) is 0 Å². The fourth-order valence-corrected chi connectivity index (χ4v) is 1.26. The van der Waals surface area contributed by atoms with Gasteiger partial charge in [0.2, 0.25) is 0 Å². The molecular formula is C7H13FO. The maximum Gasteiger partial charge on any atom is 0.129 e. The van der Waals surface area contributed by atoms with Gasteiger partial charge in [-0.2, -0.15) is 0 Å². The molecule has 0 aliphatic carbocycles. The van der Waals surface area contributed by atoms with Crippen LogP contribution in [0.1, 0.15) is 26.7 Å². The van der Waals surface area contributed by atoms with Gasteiger partial charge < -0.3 is 4.74 Å². The average molecular weight is 132 g/mol. The highest BCUT2D eigenvalue weighted by molar-refractivity contribution is 4.78. The standard InChI is InChI=1S/C7H13FO/c1-3-7-6(8)4-5(2)9-7/h5-7H,3-4H2,1-2H3. The molecule has 54 valence electrons. The second-order valence-corrected chi connectivity index (χ2v) is 2.65. The van der Waals surface area contributed by atoms with Gasteiger partial charge in [0, 0.05) is 6.42 Å². The van der Waals surface area contributed by atoms with Gasteiger partial charge in [-0.15, -0.1) is 0 Å². The van der Waals surface area contributed by atoms with Crippen molar-refractivity contribution in [1.82, 2.24) is 0 Å². The van der Waals surface area contributed by atoms with Crippen molar-refractivity contribution in [3.8, 4) is 0 Å². The molecule has 0 amide bonds. The topological polar surface area (TPSA) is 9.23 Å². The van der Waals surface area contributed by atoms with E-state index in [1.807, 2.05) is 13.8 Å². The molecule has 0 saturated carbocycles. The summed E-state index contributed by atoms with van der Waals surface area (Å²) in [5, 5.41) is 0. The van der Waals surface area contributed by atoms with Crippen LogP contribution in [0.4, 0.5) is 4.39 Å². The molecule has 1 nitrogen and oxygen atoms in total. The summed E-state index contributed by atoms with van der Waals surface area (Å²) >= 11 is 0. The smallest absolute Gasteiger partial charge is 0.129 e. The van der Waals surface area contributed by atoms with E-state index in [9.17, 15) is 4.39 Å². The summed E-state index contributed by atoms with van der Waals surface area (Å²) in [5.41, 5.74) is 0. The van der Waals surface area contributed by atoms with Gasteiger partial charge >= 0.3 is 0 Å². The van der Waals surface area contributed by atoms with Crippen LogP contribution >= 0.6 is 0 Å². The minimum absolute atomic E-state index is 0.125. The molecule has 2 heteroatoms. The Bertz CT molecular complexity index is 94.9. The number of hydrogen-bond donors (Lipinski definition) is 0. The van der Waals surface area contributed by atoms with E-state index in [1.165, 1.54) is 0 Å². The monoisotopic (exact) mass is 132 g/mol. The molecule has 1 aliphatic rings. The van der Waals surface area contributed by atoms with E-state index in [-0.39, 0.29) is 12.2 Å². The van der Waals surface area contributed by atoms with Crippen LogP contribution in [0.2, 0.25) is 0 Å². The number of rotatable bonds is 1. The summed E-state index contributed by atoms with van der Waals surface area (Å²) in [5.74, 6) is 0. The van der Waals surface area contributed by atoms with Crippen LogP contribution in [0.3, 0.4) is 0 Å². The van der Waals surface area contributed by atoms with Gasteiger partial charge in [0.1, 0.15) is 6.17 Å². The molecule has 0 aromatic carbocycles. The van der Waals surface area contributed by atoms with Crippen LogP contribution in [0.15, 0.2) is 0 Å². The van der Waals surface area contributed by atoms with Crippen molar-refractivity contribution in [2.24, 2.45) is 0 Å². The Kier molecular flexibility index (Phi) is 2.06. The molecule has 0 spiro atoms. The molecule has 0 radical (unpaired) electrons. The van der Waals surface area contributed by atoms with Crippen LogP contribution in [-0.2, 0) is 4.74 Å². The molecule has 1 rings (SSSR count). The SMILES string of the molecule is CCC1OC(C)CC1F. The quantitative estimate of drug-likeness (QED) is 0.529. The zero-order valence-electron chi connectivity index (χ0n) is 5.93. The Morgan fingerprint density at radius 2 is 2.33 bits per heavy atom. The van der Waals surface area contributed by atoms with Gasteiger partial charge in [-0.05, 0) is 13.3 Å². The van der Waals surface area contributed by atoms with E-state index in [4.69, 9.17) is 4.74 Å². The first kappa shape index (κ1) is 7.00. The normalized spacial score (nSPS) is 43.7. The molecule has 0 N–H and O–H groups in total. The zero-order valence-corrected chi connectivity index (χ0v) is 5.93. The maximum atomic E-state index is 12.7. The lowest BCUT2D eigenvalue weighted by molar-refractivity contribution is 0.0351. The predicted molar refractivity (Wildman–Crippen MR) is 34.1 cm³/mol. The molecule has 0 aromatic rings. The molecule has 3 unspecified atom stereocenters. The average Bonchev–Trinajstić information content (AvgIpc) is 2.10. The first-order valence-corrected chi connectivity index (χ1v) is 3.53. The lowest BCUT2D eigenvalue weighted by atomic mass is 10.1. The Labute approximate surface area is 55.2 Å². The fraction of sp³-hybridized carbons (Fsp3) is 1.00. The third-order valence-electron chi connectivity index (χ3n) is 1.77. The van der Waals surface area contributed by atoms with E-state index in [0.29, 0.717) is 6.42 Å². The molecule has 3 atom stereocenters. The summed E-state index contributed by atoms with van der Waals surface area (Å²) < 4.78 is 18.0. The van der Waals surface area contributed by atoms with E-state index in [0.717, 1.165) is 6.42 Å². The highest BCUT2D eigenvalue weighted by Crippen LogP contribution is 2.24. The number of hydrogen-bond acceptors (Lipinski definition) is 1. The van der Waals surface area contributed by atoms with Crippen LogP contribution in [-0.4, -0.2) is 18.4 Å². The second-order valence-electron chi connectivity index (χ2n) is 2.65. The van der Waals surface area contributed by atoms with Crippen LogP contribution in [0, 0.1) is 0 Å². The summed E-state index contributed by atoms with van der Waals surface area (Å²) in [6.07, 6.45) is 0.666. The molecule has 9 heavy (non-hydrogen) atoms. The van der Waals surface area contributed by atoms with E-state index < -0.39 is 6.17 Å². The predicted octanol–water partition coefficient (Wildman–Crippen LogP) is 1.91. The first-order valence-electron chi connectivity index (χ1n) is 3.53. The molecule has 1 aliphatic heterocycles. The van der Waals surface area contributed by atoms with Crippen molar-refractivity contribution < 1.29 is 9.13 Å². The van der Waals surface area contributed by atoms with Crippen LogP contribution < -0.4 is 0 Å². The van der Waals surface area contributed by atoms with Crippen molar-refractivity contribution in [3.63, 3.8) is 0 Å². The summed E-state index contributed by atoms with van der Waals surface area (Å²) in [7, 11) is 0. The van der Waals surface area contributed by atoms with Gasteiger partial charge in [-0.1, -0.05) is 6.92 Å². The van der Waals surface area contributed by atoms with E-state index in [2.05, 4.69) is 0 Å². The Morgan fingerprint density at radius 1 is 1.67 bits per heavy atom. The number of ether oxygens (including phenoxy) is 1. The Morgan fingerprint density at radius 3 is 2.56 bits per heavy atom. The first-order chi connectivity index (χ1) is 4.24. The highest BCUT2D eigenvalue weighted by atomic mass is 19.1. The molecule has 1 heterocycles. The molecular weight excluding hydrogens is 119 g/mol. The summed E-state index contributed by atoms with van der Waals surface area (Å²) in [6.45, 7) is 3.87. The summed E-state index contributed by atoms with van der Waals surface area (Å²) in [6, 6.07) is 0. The molecule has 0 bridgehead atoms. The molecule has 0 aromatic heterocycles. The van der Waals surface area contributed by atoms with Crippen molar-refractivity contribution in [1.29, 1.82) is 0 Å². The minimum atomic E-state index is -0.718. The van der Waals surface area contributed by atoms with Gasteiger partial charge in [-0.25, -0.2) is 4.39 Å². The molecule has 1 fully saturated rings. The molecule has 1 saturated heterocycles. The van der Waals surface area contributed by atoms with Crippen molar-refractivity contribution >= 4 is 0 Å². The third-order valence-corrected chi connectivity index (χ3v) is 1.77. The van der Waals surface area contributed by atoms with E-state index >= 15 is 0 Å². The fourth-order valence-electron chi connectivity index (χ4n) is 1.26. The highest BCUT2D eigenvalue weighted by Gasteiger charge is 2.30. The van der Waals surface area contributed by atoms with Gasteiger partial charge in [-0.3, -0.25) is 0 Å². The van der Waals surface area contributed by atoms with Crippen LogP contribution in [0.5, 0.6) is 0 Å². The minimum Gasteiger partial charge on any atom is -0.372 e. The van der Waals surface area contributed by atoms with Crippen molar-refractivity contribution in [3.05, 3.63) is 0 Å². The van der Waals surface area contributed by atoms with Gasteiger partial charge in [0.25, 0.3) is 0 Å². The third kappa shape index (κ3) is 1.42. The lowest BCUT2D eigenvalue weighted by Gasteiger charge is -2.07. The Hall–Kier alpha value is -0.110. The zero-order chi connectivity index (χ0) is 6.85. The lowest BCUT2D eigenvalue weighted by Crippen LogP contribution is -2.14. The Balaban J connectivity index is 2.38. The second kappa shape index (κ2) is 2.65. The van der Waals surface area contributed by atoms with Gasteiger partial charge in [0.15, 0.2) is 0 Å². The van der Waals surface area contributed by atoms with Crippen LogP contribution in [0.25, 0.3) is 0 Å². The number of halogens is 1. The largest absolute Gasteiger partial charge is 0.372 e. The number of alkyl halides is 1. The summed E-state index contributed by atoms with van der Waals surface area (Å²) in [4.78, 5) is 0. The maximum absolute atomic E-state index is 12.7. The van der Waals surface area contributed by atoms with E-state index in [1.54, 1.807) is 0 Å². The van der Waals surface area contributed by atoms with Crippen molar-refractivity contribution in [2.45, 2.75) is 45.1 Å². The van der Waals surface area contributed by atoms with Gasteiger partial charge in [0.05, 0.1) is 12.2 Å².